The van der Waals surface area contributed by atoms with Gasteiger partial charge in [0.15, 0.2) is 0 Å². The summed E-state index contributed by atoms with van der Waals surface area (Å²) in [5.41, 5.74) is 2.25. The van der Waals surface area contributed by atoms with Gasteiger partial charge in [0.2, 0.25) is 22.7 Å². The van der Waals surface area contributed by atoms with Crippen molar-refractivity contribution in [2.24, 2.45) is 0 Å². The Kier molecular flexibility index (Phi) is 10.3. The first kappa shape index (κ1) is 33.0. The predicted octanol–water partition coefficient (Wildman–Crippen LogP) is 7.21. The van der Waals surface area contributed by atoms with E-state index in [1.165, 1.54) is 4.31 Å². The summed E-state index contributed by atoms with van der Waals surface area (Å²) >= 11 is 6.30. The van der Waals surface area contributed by atoms with E-state index < -0.39 is 16.5 Å². The van der Waals surface area contributed by atoms with Gasteiger partial charge in [0.25, 0.3) is 0 Å². The normalized spacial score (nSPS) is 16.5. The van der Waals surface area contributed by atoms with Crippen LogP contribution in [0.25, 0.3) is 11.3 Å². The van der Waals surface area contributed by atoms with E-state index >= 15 is 0 Å². The SMILES string of the molecule is Cc1cc(N(c2ccccc2Cl)[SH](=O)=O)ccc1Oc1ncccc1-c1ccnc(NC2CCC(NC(=O)OC(C)(C)C)CC2)n1. The minimum Gasteiger partial charge on any atom is -0.444 e. The molecule has 0 aliphatic heterocycles. The van der Waals surface area contributed by atoms with E-state index in [9.17, 15) is 13.2 Å². The molecule has 0 spiro atoms. The maximum Gasteiger partial charge on any atom is 0.407 e. The van der Waals surface area contributed by atoms with Crippen molar-refractivity contribution < 1.29 is 22.7 Å². The number of alkyl carbamates (subject to hydrolysis) is 1. The fraction of sp³-hybridized carbons (Fsp3) is 0.333. The molecule has 13 heteroatoms. The number of hydrogen-bond donors (Lipinski definition) is 3. The molecule has 46 heavy (non-hydrogen) atoms. The van der Waals surface area contributed by atoms with E-state index in [0.717, 1.165) is 25.7 Å². The number of aromatic nitrogens is 3. The lowest BCUT2D eigenvalue weighted by molar-refractivity contribution is 0.0492. The molecule has 4 aromatic rings. The molecule has 0 bridgehead atoms. The third kappa shape index (κ3) is 8.43. The van der Waals surface area contributed by atoms with Crippen molar-refractivity contribution in [3.05, 3.63) is 83.6 Å². The molecule has 2 aromatic heterocycles. The summed E-state index contributed by atoms with van der Waals surface area (Å²) in [6, 6.07) is 17.5. The highest BCUT2D eigenvalue weighted by molar-refractivity contribution is 7.74. The van der Waals surface area contributed by atoms with Crippen molar-refractivity contribution >= 4 is 45.9 Å². The van der Waals surface area contributed by atoms with E-state index in [1.54, 1.807) is 67.0 Å². The summed E-state index contributed by atoms with van der Waals surface area (Å²) in [6.45, 7) is 7.37. The van der Waals surface area contributed by atoms with Crippen molar-refractivity contribution in [3.8, 4) is 22.9 Å². The molecule has 2 heterocycles. The average Bonchev–Trinajstić information content (AvgIpc) is 3.00. The first-order valence-corrected chi connectivity index (χ1v) is 16.5. The number of carbonyl (C=O) groups is 1. The molecule has 1 saturated carbocycles. The van der Waals surface area contributed by atoms with Crippen LogP contribution in [0.4, 0.5) is 22.1 Å². The summed E-state index contributed by atoms with van der Waals surface area (Å²) in [5.74, 6) is 1.34. The number of amides is 1. The number of rotatable bonds is 9. The van der Waals surface area contributed by atoms with Crippen LogP contribution in [0, 0.1) is 6.92 Å². The molecule has 1 aliphatic carbocycles. The second kappa shape index (κ2) is 14.3. The van der Waals surface area contributed by atoms with E-state index in [1.807, 2.05) is 33.8 Å². The highest BCUT2D eigenvalue weighted by atomic mass is 35.5. The van der Waals surface area contributed by atoms with Crippen LogP contribution in [0.1, 0.15) is 52.0 Å². The number of hydrogen-bond acceptors (Lipinski definition) is 9. The Morgan fingerprint density at radius 3 is 2.39 bits per heavy atom. The molecule has 1 aliphatic rings. The predicted molar refractivity (Wildman–Crippen MR) is 179 cm³/mol. The zero-order chi connectivity index (χ0) is 32.8. The van der Waals surface area contributed by atoms with Gasteiger partial charge in [-0.05, 0) is 107 Å². The second-order valence-corrected chi connectivity index (χ2v) is 13.3. The zero-order valence-electron chi connectivity index (χ0n) is 26.1. The van der Waals surface area contributed by atoms with Crippen LogP contribution in [-0.2, 0) is 15.6 Å². The Balaban J connectivity index is 1.27. The highest BCUT2D eigenvalue weighted by Gasteiger charge is 2.25. The van der Waals surface area contributed by atoms with Crippen molar-refractivity contribution in [2.75, 3.05) is 9.62 Å². The lowest BCUT2D eigenvalue weighted by Gasteiger charge is -2.30. The van der Waals surface area contributed by atoms with Crippen LogP contribution in [0.5, 0.6) is 11.6 Å². The Morgan fingerprint density at radius 1 is 0.957 bits per heavy atom. The van der Waals surface area contributed by atoms with Gasteiger partial charge in [-0.2, -0.15) is 0 Å². The van der Waals surface area contributed by atoms with Gasteiger partial charge in [-0.1, -0.05) is 23.7 Å². The average molecular weight is 665 g/mol. The highest BCUT2D eigenvalue weighted by Crippen LogP contribution is 2.37. The fourth-order valence-corrected chi connectivity index (χ4v) is 6.16. The number of nitrogens with one attached hydrogen (secondary N) is 2. The molecular weight excluding hydrogens is 628 g/mol. The minimum absolute atomic E-state index is 0.0648. The van der Waals surface area contributed by atoms with Gasteiger partial charge in [0.05, 0.1) is 27.7 Å². The summed E-state index contributed by atoms with van der Waals surface area (Å²) in [4.78, 5) is 25.8. The molecule has 0 radical (unpaired) electrons. The molecule has 5 rings (SSSR count). The van der Waals surface area contributed by atoms with Crippen LogP contribution in [0.15, 0.2) is 73.1 Å². The maximum atomic E-state index is 12.2. The minimum atomic E-state index is -3.01. The molecule has 242 valence electrons. The quantitative estimate of drug-likeness (QED) is 0.159. The number of aryl methyl sites for hydroxylation is 1. The van der Waals surface area contributed by atoms with E-state index in [2.05, 4.69) is 20.6 Å². The third-order valence-electron chi connectivity index (χ3n) is 7.34. The second-order valence-electron chi connectivity index (χ2n) is 12.0. The van der Waals surface area contributed by atoms with Crippen molar-refractivity contribution in [2.45, 2.75) is 71.1 Å². The smallest absolute Gasteiger partial charge is 0.407 e. The Labute approximate surface area is 275 Å². The Hall–Kier alpha value is -4.42. The molecular formula is C33H37ClN6O5S. The number of nitrogens with zero attached hydrogens (tertiary/aromatic N) is 4. The molecule has 0 atom stereocenters. The van der Waals surface area contributed by atoms with Crippen molar-refractivity contribution in [1.82, 2.24) is 20.3 Å². The van der Waals surface area contributed by atoms with Crippen molar-refractivity contribution in [3.63, 3.8) is 0 Å². The first-order valence-electron chi connectivity index (χ1n) is 15.0. The van der Waals surface area contributed by atoms with Gasteiger partial charge in [-0.25, -0.2) is 32.5 Å². The van der Waals surface area contributed by atoms with Crippen LogP contribution in [0.3, 0.4) is 0 Å². The number of ether oxygens (including phenoxy) is 2. The van der Waals surface area contributed by atoms with Crippen molar-refractivity contribution in [1.29, 1.82) is 0 Å². The van der Waals surface area contributed by atoms with Gasteiger partial charge < -0.3 is 20.1 Å². The van der Waals surface area contributed by atoms with Crippen LogP contribution in [0.2, 0.25) is 5.02 Å². The topological polar surface area (TPSA) is 136 Å². The Morgan fingerprint density at radius 2 is 1.70 bits per heavy atom. The Bertz CT molecular complexity index is 1760. The summed E-state index contributed by atoms with van der Waals surface area (Å²) < 4.78 is 37.2. The van der Waals surface area contributed by atoms with Crippen LogP contribution >= 0.6 is 11.6 Å². The summed E-state index contributed by atoms with van der Waals surface area (Å²) in [7, 11) is -3.01. The van der Waals surface area contributed by atoms with E-state index in [0.29, 0.717) is 50.8 Å². The number of thiol groups is 1. The van der Waals surface area contributed by atoms with E-state index in [-0.39, 0.29) is 18.2 Å². The zero-order valence-corrected chi connectivity index (χ0v) is 27.7. The van der Waals surface area contributed by atoms with Gasteiger partial charge in [-0.3, -0.25) is 0 Å². The van der Waals surface area contributed by atoms with Gasteiger partial charge >= 0.3 is 6.09 Å². The third-order valence-corrected chi connectivity index (χ3v) is 8.43. The molecule has 0 saturated heterocycles. The number of halogens is 1. The molecule has 2 N–H and O–H groups in total. The number of para-hydroxylation sites is 1. The fourth-order valence-electron chi connectivity index (χ4n) is 5.21. The molecule has 0 unspecified atom stereocenters. The van der Waals surface area contributed by atoms with Gasteiger partial charge in [0.1, 0.15) is 11.4 Å². The monoisotopic (exact) mass is 664 g/mol. The molecule has 1 fully saturated rings. The molecule has 2 aromatic carbocycles. The van der Waals surface area contributed by atoms with Crippen LogP contribution < -0.4 is 19.7 Å². The number of carbonyl (C=O) groups excluding carboxylic acids is 1. The molecule has 1 amide bonds. The number of pyridine rings is 1. The lowest BCUT2D eigenvalue weighted by Crippen LogP contribution is -2.42. The maximum absolute atomic E-state index is 12.2. The number of anilines is 3. The molecule has 11 nitrogen and oxygen atoms in total. The standard InChI is InChI=1S/C33H37ClN6O5S/c1-21-20-24(40(46(42)43)28-10-6-5-9-26(28)34)15-16-29(21)44-30-25(8-7-18-35-30)27-17-19-36-31(39-27)37-22-11-13-23(14-12-22)38-32(41)45-33(2,3)4/h5-10,15-20,22-23,46H,11-14H2,1-4H3,(H,38,41)(H,36,37,39). The van der Waals surface area contributed by atoms with Gasteiger partial charge in [-0.15, -0.1) is 0 Å². The summed E-state index contributed by atoms with van der Waals surface area (Å²) in [6.07, 6.45) is 6.25. The summed E-state index contributed by atoms with van der Waals surface area (Å²) in [5, 5.41) is 6.72. The first-order chi connectivity index (χ1) is 22.0. The number of benzene rings is 2. The van der Waals surface area contributed by atoms with E-state index in [4.69, 9.17) is 26.1 Å². The lowest BCUT2D eigenvalue weighted by atomic mass is 9.91. The van der Waals surface area contributed by atoms with Crippen LogP contribution in [-0.4, -0.2) is 47.1 Å². The largest absolute Gasteiger partial charge is 0.444 e. The van der Waals surface area contributed by atoms with Gasteiger partial charge in [0, 0.05) is 24.5 Å².